The second-order valence-electron chi connectivity index (χ2n) is 7.72. The number of rotatable bonds is 8. The molecule has 5 nitrogen and oxygen atoms in total. The molecule has 0 unspecified atom stereocenters. The Morgan fingerprint density at radius 3 is 2.69 bits per heavy atom. The Hall–Kier alpha value is -3.19. The van der Waals surface area contributed by atoms with Crippen LogP contribution in [0.4, 0.5) is 4.39 Å². The summed E-state index contributed by atoms with van der Waals surface area (Å²) in [6.07, 6.45) is 2.63. The van der Waals surface area contributed by atoms with Gasteiger partial charge in [0.2, 0.25) is 0 Å². The molecule has 2 aromatic heterocycles. The van der Waals surface area contributed by atoms with Gasteiger partial charge < -0.3 is 5.32 Å². The fourth-order valence-electron chi connectivity index (χ4n) is 3.32. The number of imidazole rings is 1. The summed E-state index contributed by atoms with van der Waals surface area (Å²) in [5, 5.41) is 3.80. The van der Waals surface area contributed by atoms with Gasteiger partial charge in [0, 0.05) is 23.6 Å². The zero-order chi connectivity index (χ0) is 22.5. The van der Waals surface area contributed by atoms with Crippen LogP contribution in [-0.2, 0) is 12.3 Å². The van der Waals surface area contributed by atoms with Crippen LogP contribution in [0.2, 0.25) is 0 Å². The Morgan fingerprint density at radius 2 is 1.94 bits per heavy atom. The van der Waals surface area contributed by atoms with Crippen molar-refractivity contribution in [1.82, 2.24) is 19.9 Å². The first-order valence-corrected chi connectivity index (χ1v) is 11.6. The number of carbonyl (C=O) groups is 1. The Labute approximate surface area is 191 Å². The molecule has 1 N–H and O–H groups in total. The van der Waals surface area contributed by atoms with E-state index in [4.69, 9.17) is 4.98 Å². The lowest BCUT2D eigenvalue weighted by atomic mass is 10.1. The Morgan fingerprint density at radius 1 is 1.12 bits per heavy atom. The average molecular weight is 449 g/mol. The van der Waals surface area contributed by atoms with Crippen LogP contribution < -0.4 is 5.32 Å². The van der Waals surface area contributed by atoms with E-state index in [1.165, 1.54) is 12.1 Å². The number of fused-ring (bicyclic) bond motifs is 1. The highest BCUT2D eigenvalue weighted by Crippen LogP contribution is 2.27. The van der Waals surface area contributed by atoms with E-state index in [0.717, 1.165) is 33.9 Å². The molecule has 4 aromatic rings. The minimum atomic E-state index is -0.258. The third-order valence-corrected chi connectivity index (χ3v) is 6.32. The summed E-state index contributed by atoms with van der Waals surface area (Å²) in [6, 6.07) is 18.2. The van der Waals surface area contributed by atoms with Gasteiger partial charge in [0.15, 0.2) is 10.8 Å². The number of pyridine rings is 1. The number of nitrogens with zero attached hydrogens (tertiary/aromatic N) is 3. The molecular weight excluding hydrogens is 423 g/mol. The van der Waals surface area contributed by atoms with Crippen LogP contribution in [0.25, 0.3) is 11.2 Å². The molecule has 4 rings (SSSR count). The van der Waals surface area contributed by atoms with Gasteiger partial charge in [-0.15, -0.1) is 0 Å². The molecule has 0 saturated carbocycles. The fraction of sp³-hybridized carbons (Fsp3) is 0.240. The lowest BCUT2D eigenvalue weighted by Crippen LogP contribution is -2.31. The highest BCUT2D eigenvalue weighted by Gasteiger charge is 2.14. The second-order valence-corrected chi connectivity index (χ2v) is 8.67. The van der Waals surface area contributed by atoms with Crippen LogP contribution in [0.5, 0.6) is 0 Å². The molecule has 0 aliphatic rings. The monoisotopic (exact) mass is 448 g/mol. The molecule has 0 fully saturated rings. The number of amides is 1. The SMILES string of the molecule is CC[C@@H](C)NC(=O)c1ccc(CSc2nc3cccnc3n2Cc2cccc(F)c2)cc1. The maximum atomic E-state index is 13.7. The molecular formula is C25H25FN4OS. The average Bonchev–Trinajstić information content (AvgIpc) is 3.15. The largest absolute Gasteiger partial charge is 0.350 e. The molecule has 0 saturated heterocycles. The highest BCUT2D eigenvalue weighted by atomic mass is 32.2. The third kappa shape index (κ3) is 5.16. The summed E-state index contributed by atoms with van der Waals surface area (Å²) < 4.78 is 15.7. The molecule has 32 heavy (non-hydrogen) atoms. The van der Waals surface area contributed by atoms with Crippen molar-refractivity contribution in [2.45, 2.75) is 43.8 Å². The first kappa shape index (κ1) is 22.0. The van der Waals surface area contributed by atoms with Crippen molar-refractivity contribution in [3.05, 3.63) is 89.4 Å². The van der Waals surface area contributed by atoms with E-state index in [2.05, 4.69) is 10.3 Å². The Kier molecular flexibility index (Phi) is 6.85. The normalized spacial score (nSPS) is 12.1. The van der Waals surface area contributed by atoms with Gasteiger partial charge in [0.05, 0.1) is 6.54 Å². The van der Waals surface area contributed by atoms with Crippen LogP contribution in [0, 0.1) is 5.82 Å². The molecule has 2 heterocycles. The van der Waals surface area contributed by atoms with Crippen molar-refractivity contribution in [3.8, 4) is 0 Å². The fourth-order valence-corrected chi connectivity index (χ4v) is 4.28. The number of hydrogen-bond acceptors (Lipinski definition) is 4. The molecule has 0 bridgehead atoms. The Balaban J connectivity index is 1.51. The predicted molar refractivity (Wildman–Crippen MR) is 126 cm³/mol. The number of halogens is 1. The summed E-state index contributed by atoms with van der Waals surface area (Å²) in [4.78, 5) is 21.5. The first-order chi connectivity index (χ1) is 15.5. The Bertz CT molecular complexity index is 1220. The maximum Gasteiger partial charge on any atom is 0.251 e. The van der Waals surface area contributed by atoms with Crippen molar-refractivity contribution in [1.29, 1.82) is 0 Å². The maximum absolute atomic E-state index is 13.7. The van der Waals surface area contributed by atoms with Gasteiger partial charge in [-0.2, -0.15) is 0 Å². The molecule has 164 valence electrons. The number of hydrogen-bond donors (Lipinski definition) is 1. The van der Waals surface area contributed by atoms with Crippen molar-refractivity contribution < 1.29 is 9.18 Å². The number of nitrogens with one attached hydrogen (secondary N) is 1. The van der Waals surface area contributed by atoms with Gasteiger partial charge in [-0.3, -0.25) is 9.36 Å². The predicted octanol–water partition coefficient (Wildman–Crippen LogP) is 5.44. The van der Waals surface area contributed by atoms with E-state index in [-0.39, 0.29) is 17.8 Å². The van der Waals surface area contributed by atoms with Crippen LogP contribution in [0.1, 0.15) is 41.8 Å². The summed E-state index contributed by atoms with van der Waals surface area (Å²) in [7, 11) is 0. The van der Waals surface area contributed by atoms with E-state index < -0.39 is 0 Å². The topological polar surface area (TPSA) is 59.8 Å². The number of benzene rings is 2. The minimum absolute atomic E-state index is 0.0542. The molecule has 0 radical (unpaired) electrons. The first-order valence-electron chi connectivity index (χ1n) is 10.6. The van der Waals surface area contributed by atoms with Crippen molar-refractivity contribution in [2.75, 3.05) is 0 Å². The molecule has 0 aliphatic heterocycles. The van der Waals surface area contributed by atoms with Gasteiger partial charge in [-0.05, 0) is 60.9 Å². The van der Waals surface area contributed by atoms with Gasteiger partial charge in [0.1, 0.15) is 11.3 Å². The third-order valence-electron chi connectivity index (χ3n) is 5.27. The summed E-state index contributed by atoms with van der Waals surface area (Å²) in [5.41, 5.74) is 4.18. The number of thioether (sulfide) groups is 1. The van der Waals surface area contributed by atoms with E-state index in [1.54, 1.807) is 24.0 Å². The van der Waals surface area contributed by atoms with Crippen LogP contribution in [0.3, 0.4) is 0 Å². The number of aromatic nitrogens is 3. The minimum Gasteiger partial charge on any atom is -0.350 e. The summed E-state index contributed by atoms with van der Waals surface area (Å²) in [6.45, 7) is 4.53. The van der Waals surface area contributed by atoms with E-state index in [0.29, 0.717) is 17.9 Å². The van der Waals surface area contributed by atoms with E-state index in [9.17, 15) is 9.18 Å². The van der Waals surface area contributed by atoms with Gasteiger partial charge >= 0.3 is 0 Å². The molecule has 1 amide bonds. The van der Waals surface area contributed by atoms with E-state index >= 15 is 0 Å². The lowest BCUT2D eigenvalue weighted by molar-refractivity contribution is 0.0939. The zero-order valence-corrected chi connectivity index (χ0v) is 18.9. The van der Waals surface area contributed by atoms with Crippen molar-refractivity contribution in [3.63, 3.8) is 0 Å². The molecule has 1 atom stereocenters. The smallest absolute Gasteiger partial charge is 0.251 e. The summed E-state index contributed by atoms with van der Waals surface area (Å²) in [5.74, 6) is 0.382. The van der Waals surface area contributed by atoms with Crippen molar-refractivity contribution in [2.24, 2.45) is 0 Å². The number of carbonyl (C=O) groups excluding carboxylic acids is 1. The standard InChI is InChI=1S/C25H25FN4OS/c1-3-17(2)28-24(31)20-11-9-18(10-12-20)16-32-25-29-22-8-5-13-27-23(22)30(25)15-19-6-4-7-21(26)14-19/h4-14,17H,3,15-16H2,1-2H3,(H,28,31)/t17-/m1/s1. The van der Waals surface area contributed by atoms with Gasteiger partial charge in [0.25, 0.3) is 5.91 Å². The molecule has 0 spiro atoms. The van der Waals surface area contributed by atoms with Crippen LogP contribution in [0.15, 0.2) is 72.0 Å². The second kappa shape index (κ2) is 9.96. The highest BCUT2D eigenvalue weighted by molar-refractivity contribution is 7.98. The molecule has 2 aromatic carbocycles. The van der Waals surface area contributed by atoms with Crippen LogP contribution >= 0.6 is 11.8 Å². The zero-order valence-electron chi connectivity index (χ0n) is 18.1. The van der Waals surface area contributed by atoms with E-state index in [1.807, 2.05) is 60.9 Å². The molecule has 7 heteroatoms. The molecule has 0 aliphatic carbocycles. The van der Waals surface area contributed by atoms with Gasteiger partial charge in [-0.1, -0.05) is 43.0 Å². The summed E-state index contributed by atoms with van der Waals surface area (Å²) >= 11 is 1.60. The quantitative estimate of drug-likeness (QED) is 0.365. The van der Waals surface area contributed by atoms with Crippen molar-refractivity contribution >= 4 is 28.8 Å². The van der Waals surface area contributed by atoms with Crippen LogP contribution in [-0.4, -0.2) is 26.5 Å². The van der Waals surface area contributed by atoms with Gasteiger partial charge in [-0.25, -0.2) is 14.4 Å². The lowest BCUT2D eigenvalue weighted by Gasteiger charge is -2.11.